The molecule has 1 aromatic heterocycles. The van der Waals surface area contributed by atoms with Crippen molar-refractivity contribution in [3.05, 3.63) is 16.1 Å². The van der Waals surface area contributed by atoms with Crippen LogP contribution in [-0.4, -0.2) is 58.2 Å². The summed E-state index contributed by atoms with van der Waals surface area (Å²) >= 11 is 7.51. The molecule has 0 radical (unpaired) electrons. The number of nitrogens with zero attached hydrogens (tertiary/aromatic N) is 3. The van der Waals surface area contributed by atoms with Crippen molar-refractivity contribution in [1.82, 2.24) is 14.8 Å². The minimum Gasteiger partial charge on any atom is -0.389 e. The smallest absolute Gasteiger partial charge is 0.110 e. The zero-order valence-corrected chi connectivity index (χ0v) is 14.0. The number of thiazole rings is 1. The molecule has 2 heterocycles. The fourth-order valence-electron chi connectivity index (χ4n) is 2.59. The first-order valence-electron chi connectivity index (χ1n) is 7.08. The van der Waals surface area contributed by atoms with E-state index in [1.54, 1.807) is 11.3 Å². The zero-order valence-electron chi connectivity index (χ0n) is 12.5. The van der Waals surface area contributed by atoms with E-state index in [0.717, 1.165) is 43.4 Å². The minimum absolute atomic E-state index is 0.348. The molecule has 2 rings (SSSR count). The molecular weight excluding hydrogens is 294 g/mol. The monoisotopic (exact) mass is 317 g/mol. The lowest BCUT2D eigenvalue weighted by Gasteiger charge is -2.39. The van der Waals surface area contributed by atoms with Crippen molar-refractivity contribution in [2.24, 2.45) is 0 Å². The van der Waals surface area contributed by atoms with E-state index in [-0.39, 0.29) is 0 Å². The van der Waals surface area contributed by atoms with Gasteiger partial charge in [0.2, 0.25) is 0 Å². The second kappa shape index (κ2) is 6.71. The molecule has 1 aliphatic heterocycles. The van der Waals surface area contributed by atoms with Crippen molar-refractivity contribution in [3.63, 3.8) is 0 Å². The predicted octanol–water partition coefficient (Wildman–Crippen LogP) is 2.33. The van der Waals surface area contributed by atoms with E-state index in [1.165, 1.54) is 0 Å². The molecule has 1 aliphatic rings. The van der Waals surface area contributed by atoms with Crippen LogP contribution in [0.3, 0.4) is 0 Å². The van der Waals surface area contributed by atoms with Gasteiger partial charge in [-0.05, 0) is 20.8 Å². The van der Waals surface area contributed by atoms with E-state index in [0.29, 0.717) is 11.9 Å². The number of halogens is 1. The van der Waals surface area contributed by atoms with Gasteiger partial charge in [-0.15, -0.1) is 22.9 Å². The van der Waals surface area contributed by atoms with Gasteiger partial charge in [-0.2, -0.15) is 0 Å². The summed E-state index contributed by atoms with van der Waals surface area (Å²) < 4.78 is 0. The molecule has 4 nitrogen and oxygen atoms in total. The van der Waals surface area contributed by atoms with Gasteiger partial charge in [-0.25, -0.2) is 4.98 Å². The number of rotatable bonds is 5. The lowest BCUT2D eigenvalue weighted by atomic mass is 10.1. The van der Waals surface area contributed by atoms with Crippen molar-refractivity contribution in [3.8, 4) is 0 Å². The van der Waals surface area contributed by atoms with E-state index in [2.05, 4.69) is 21.7 Å². The van der Waals surface area contributed by atoms with E-state index in [1.807, 2.05) is 19.2 Å². The Balaban J connectivity index is 1.87. The Morgan fingerprint density at radius 2 is 2.05 bits per heavy atom. The van der Waals surface area contributed by atoms with Crippen LogP contribution in [0.2, 0.25) is 0 Å². The number of hydrogen-bond donors (Lipinski definition) is 1. The molecule has 1 atom stereocenters. The van der Waals surface area contributed by atoms with E-state index in [4.69, 9.17) is 11.6 Å². The maximum atomic E-state index is 9.88. The van der Waals surface area contributed by atoms with Gasteiger partial charge in [0.25, 0.3) is 0 Å². The van der Waals surface area contributed by atoms with Gasteiger partial charge in [0.1, 0.15) is 5.01 Å². The Labute approximate surface area is 130 Å². The SMILES string of the molecule is CC(c1nc(CCl)cs1)N1CCN(CC(C)(C)O)CC1. The molecule has 0 aromatic carbocycles. The van der Waals surface area contributed by atoms with Gasteiger partial charge < -0.3 is 5.11 Å². The normalized spacial score (nSPS) is 20.2. The number of hydrogen-bond acceptors (Lipinski definition) is 5. The minimum atomic E-state index is -0.613. The summed E-state index contributed by atoms with van der Waals surface area (Å²) in [5.41, 5.74) is 0.359. The molecule has 1 N–H and O–H groups in total. The molecule has 1 unspecified atom stereocenters. The number of β-amino-alcohol motifs (C(OH)–C–C–N with tert-alkyl or cyclic N) is 1. The van der Waals surface area contributed by atoms with Crippen LogP contribution < -0.4 is 0 Å². The second-order valence-electron chi connectivity index (χ2n) is 6.11. The van der Waals surface area contributed by atoms with Gasteiger partial charge in [0.15, 0.2) is 0 Å². The average Bonchev–Trinajstić information content (AvgIpc) is 2.85. The number of aromatic nitrogens is 1. The Bertz CT molecular complexity index is 424. The average molecular weight is 318 g/mol. The van der Waals surface area contributed by atoms with E-state index in [9.17, 15) is 5.11 Å². The number of alkyl halides is 1. The molecule has 114 valence electrons. The van der Waals surface area contributed by atoms with Gasteiger partial charge in [0, 0.05) is 38.1 Å². The lowest BCUT2D eigenvalue weighted by Crippen LogP contribution is -2.50. The zero-order chi connectivity index (χ0) is 14.8. The summed E-state index contributed by atoms with van der Waals surface area (Å²) in [5.74, 6) is 0.489. The molecule has 0 bridgehead atoms. The third kappa shape index (κ3) is 4.40. The summed E-state index contributed by atoms with van der Waals surface area (Å²) in [6.07, 6.45) is 0. The molecule has 1 saturated heterocycles. The highest BCUT2D eigenvalue weighted by Gasteiger charge is 2.26. The number of aliphatic hydroxyl groups is 1. The van der Waals surface area contributed by atoms with Crippen LogP contribution in [0.4, 0.5) is 0 Å². The molecule has 1 fully saturated rings. The summed E-state index contributed by atoms with van der Waals surface area (Å²) in [6.45, 7) is 10.7. The quantitative estimate of drug-likeness (QED) is 0.846. The fourth-order valence-corrected chi connectivity index (χ4v) is 3.73. The van der Waals surface area contributed by atoms with Crippen molar-refractivity contribution in [2.45, 2.75) is 38.3 Å². The molecular formula is C14H24ClN3OS. The highest BCUT2D eigenvalue weighted by atomic mass is 35.5. The first kappa shape index (κ1) is 16.2. The standard InChI is InChI=1S/C14H24ClN3OS/c1-11(13-16-12(8-15)9-20-13)18-6-4-17(5-7-18)10-14(2,3)19/h9,11,19H,4-8,10H2,1-3H3. The Morgan fingerprint density at radius 3 is 2.55 bits per heavy atom. The van der Waals surface area contributed by atoms with Crippen molar-refractivity contribution < 1.29 is 5.11 Å². The molecule has 1 aromatic rings. The van der Waals surface area contributed by atoms with Crippen LogP contribution in [0.1, 0.15) is 37.5 Å². The van der Waals surface area contributed by atoms with Crippen LogP contribution in [0, 0.1) is 0 Å². The second-order valence-corrected chi connectivity index (χ2v) is 7.27. The summed E-state index contributed by atoms with van der Waals surface area (Å²) in [5, 5.41) is 13.1. The van der Waals surface area contributed by atoms with Crippen LogP contribution >= 0.6 is 22.9 Å². The summed E-state index contributed by atoms with van der Waals surface area (Å²) in [6, 6.07) is 0.348. The molecule has 0 aliphatic carbocycles. The molecule has 20 heavy (non-hydrogen) atoms. The van der Waals surface area contributed by atoms with Crippen LogP contribution in [0.15, 0.2) is 5.38 Å². The third-order valence-corrected chi connectivity index (χ3v) is 4.97. The highest BCUT2D eigenvalue weighted by Crippen LogP contribution is 2.25. The van der Waals surface area contributed by atoms with Gasteiger partial charge in [0.05, 0.1) is 23.2 Å². The Hall–Kier alpha value is -0.200. The van der Waals surface area contributed by atoms with Crippen LogP contribution in [0.5, 0.6) is 0 Å². The van der Waals surface area contributed by atoms with Gasteiger partial charge in [-0.1, -0.05) is 0 Å². The highest BCUT2D eigenvalue weighted by molar-refractivity contribution is 7.09. The van der Waals surface area contributed by atoms with E-state index < -0.39 is 5.60 Å². The van der Waals surface area contributed by atoms with Gasteiger partial charge in [-0.3, -0.25) is 9.80 Å². The molecule has 0 spiro atoms. The lowest BCUT2D eigenvalue weighted by molar-refractivity contribution is 0.0120. The van der Waals surface area contributed by atoms with Crippen LogP contribution in [0.25, 0.3) is 0 Å². The maximum Gasteiger partial charge on any atom is 0.110 e. The fraction of sp³-hybridized carbons (Fsp3) is 0.786. The summed E-state index contributed by atoms with van der Waals surface area (Å²) in [7, 11) is 0. The summed E-state index contributed by atoms with van der Waals surface area (Å²) in [4.78, 5) is 9.36. The Morgan fingerprint density at radius 1 is 1.40 bits per heavy atom. The van der Waals surface area contributed by atoms with Crippen molar-refractivity contribution >= 4 is 22.9 Å². The largest absolute Gasteiger partial charge is 0.389 e. The first-order chi connectivity index (χ1) is 9.39. The van der Waals surface area contributed by atoms with Gasteiger partial charge >= 0.3 is 0 Å². The van der Waals surface area contributed by atoms with Crippen LogP contribution in [-0.2, 0) is 5.88 Å². The van der Waals surface area contributed by atoms with E-state index >= 15 is 0 Å². The maximum absolute atomic E-state index is 9.88. The van der Waals surface area contributed by atoms with Crippen molar-refractivity contribution in [2.75, 3.05) is 32.7 Å². The molecule has 0 amide bonds. The number of piperazine rings is 1. The van der Waals surface area contributed by atoms with Crippen molar-refractivity contribution in [1.29, 1.82) is 0 Å². The topological polar surface area (TPSA) is 39.6 Å². The Kier molecular flexibility index (Phi) is 5.42. The predicted molar refractivity (Wildman–Crippen MR) is 84.4 cm³/mol. The molecule has 0 saturated carbocycles. The molecule has 6 heteroatoms. The first-order valence-corrected chi connectivity index (χ1v) is 8.49. The third-order valence-electron chi connectivity index (χ3n) is 3.63.